The van der Waals surface area contributed by atoms with Crippen LogP contribution in [0.1, 0.15) is 38.8 Å². The Balaban J connectivity index is 2.73. The highest BCUT2D eigenvalue weighted by Gasteiger charge is 2.08. The first kappa shape index (κ1) is 18.5. The fraction of sp³-hybridized carbons (Fsp3) is 0.611. The maximum absolute atomic E-state index is 4.71. The van der Waals surface area contributed by atoms with Gasteiger partial charge in [-0.1, -0.05) is 38.1 Å². The van der Waals surface area contributed by atoms with E-state index < -0.39 is 0 Å². The number of guanidine groups is 1. The molecule has 0 radical (unpaired) electrons. The molecule has 0 heterocycles. The van der Waals surface area contributed by atoms with Crippen molar-refractivity contribution in [3.8, 4) is 0 Å². The van der Waals surface area contributed by atoms with Crippen LogP contribution in [0.4, 0.5) is 0 Å². The van der Waals surface area contributed by atoms with Gasteiger partial charge in [0, 0.05) is 19.1 Å². The zero-order valence-electron chi connectivity index (χ0n) is 15.0. The van der Waals surface area contributed by atoms with Gasteiger partial charge in [-0.15, -0.1) is 0 Å². The number of nitrogens with zero attached hydrogens (tertiary/aromatic N) is 2. The van der Waals surface area contributed by atoms with Gasteiger partial charge in [-0.05, 0) is 45.0 Å². The smallest absolute Gasteiger partial charge is 0.191 e. The summed E-state index contributed by atoms with van der Waals surface area (Å²) in [5.41, 5.74) is 2.57. The van der Waals surface area contributed by atoms with Gasteiger partial charge in [0.25, 0.3) is 0 Å². The Bertz CT molecular complexity index is 466. The lowest BCUT2D eigenvalue weighted by Crippen LogP contribution is -2.44. The number of hydrogen-bond donors (Lipinski definition) is 2. The van der Waals surface area contributed by atoms with Gasteiger partial charge in [-0.25, -0.2) is 4.99 Å². The Kier molecular flexibility index (Phi) is 7.96. The molecule has 22 heavy (non-hydrogen) atoms. The van der Waals surface area contributed by atoms with E-state index in [1.165, 1.54) is 11.1 Å². The van der Waals surface area contributed by atoms with E-state index in [1.807, 2.05) is 0 Å². The Labute approximate surface area is 136 Å². The van der Waals surface area contributed by atoms with Gasteiger partial charge >= 0.3 is 0 Å². The first-order chi connectivity index (χ1) is 10.4. The van der Waals surface area contributed by atoms with E-state index in [2.05, 4.69) is 81.6 Å². The molecule has 124 valence electrons. The second-order valence-corrected chi connectivity index (χ2v) is 6.43. The maximum Gasteiger partial charge on any atom is 0.191 e. The molecule has 0 aromatic heterocycles. The van der Waals surface area contributed by atoms with Crippen LogP contribution in [0.5, 0.6) is 0 Å². The van der Waals surface area contributed by atoms with Crippen molar-refractivity contribution in [1.29, 1.82) is 0 Å². The Morgan fingerprint density at radius 2 is 1.86 bits per heavy atom. The van der Waals surface area contributed by atoms with Crippen molar-refractivity contribution >= 4 is 5.96 Å². The molecule has 1 aromatic rings. The second-order valence-electron chi connectivity index (χ2n) is 6.43. The van der Waals surface area contributed by atoms with Crippen LogP contribution in [0, 0.1) is 5.92 Å². The Morgan fingerprint density at radius 1 is 1.18 bits per heavy atom. The minimum Gasteiger partial charge on any atom is -0.357 e. The molecule has 4 nitrogen and oxygen atoms in total. The van der Waals surface area contributed by atoms with Crippen molar-refractivity contribution in [1.82, 2.24) is 15.5 Å². The SMILES string of the molecule is CCNC(=NCc1cccc(CN(C)C)c1)NC(C)C(C)C. The zero-order chi connectivity index (χ0) is 16.5. The largest absolute Gasteiger partial charge is 0.357 e. The van der Waals surface area contributed by atoms with Crippen molar-refractivity contribution in [3.05, 3.63) is 35.4 Å². The summed E-state index contributed by atoms with van der Waals surface area (Å²) in [5, 5.41) is 6.78. The first-order valence-corrected chi connectivity index (χ1v) is 8.19. The van der Waals surface area contributed by atoms with Crippen molar-refractivity contribution in [3.63, 3.8) is 0 Å². The van der Waals surface area contributed by atoms with Gasteiger partial charge in [-0.2, -0.15) is 0 Å². The van der Waals surface area contributed by atoms with Crippen LogP contribution in [0.25, 0.3) is 0 Å². The summed E-state index contributed by atoms with van der Waals surface area (Å²) in [5.74, 6) is 1.47. The molecule has 0 bridgehead atoms. The predicted molar refractivity (Wildman–Crippen MR) is 96.1 cm³/mol. The molecule has 0 saturated heterocycles. The van der Waals surface area contributed by atoms with Crippen LogP contribution in [-0.4, -0.2) is 37.5 Å². The average molecular weight is 304 g/mol. The lowest BCUT2D eigenvalue weighted by atomic mass is 10.1. The molecule has 0 spiro atoms. The maximum atomic E-state index is 4.71. The van der Waals surface area contributed by atoms with E-state index in [-0.39, 0.29) is 0 Å². The number of nitrogens with one attached hydrogen (secondary N) is 2. The Morgan fingerprint density at radius 3 is 2.45 bits per heavy atom. The molecule has 0 saturated carbocycles. The minimum absolute atomic E-state index is 0.401. The molecule has 4 heteroatoms. The quantitative estimate of drug-likeness (QED) is 0.601. The highest BCUT2D eigenvalue weighted by atomic mass is 15.2. The topological polar surface area (TPSA) is 39.7 Å². The van der Waals surface area contributed by atoms with Gasteiger partial charge in [0.15, 0.2) is 5.96 Å². The number of hydrogen-bond acceptors (Lipinski definition) is 2. The number of aliphatic imine (C=N–C) groups is 1. The van der Waals surface area contributed by atoms with Crippen LogP contribution in [0.15, 0.2) is 29.3 Å². The summed E-state index contributed by atoms with van der Waals surface area (Å²) in [4.78, 5) is 6.89. The molecule has 0 aliphatic carbocycles. The molecule has 1 unspecified atom stereocenters. The van der Waals surface area contributed by atoms with Gasteiger partial charge in [0.2, 0.25) is 0 Å². The third-order valence-electron chi connectivity index (χ3n) is 3.62. The molecule has 0 fully saturated rings. The second kappa shape index (κ2) is 9.46. The molecule has 0 amide bonds. The Hall–Kier alpha value is -1.55. The molecular weight excluding hydrogens is 272 g/mol. The molecule has 1 atom stereocenters. The fourth-order valence-corrected chi connectivity index (χ4v) is 2.06. The van der Waals surface area contributed by atoms with Gasteiger partial charge in [-0.3, -0.25) is 0 Å². The van der Waals surface area contributed by atoms with E-state index in [9.17, 15) is 0 Å². The van der Waals surface area contributed by atoms with E-state index in [1.54, 1.807) is 0 Å². The summed E-state index contributed by atoms with van der Waals surface area (Å²) >= 11 is 0. The zero-order valence-corrected chi connectivity index (χ0v) is 15.0. The van der Waals surface area contributed by atoms with Crippen LogP contribution in [0.3, 0.4) is 0 Å². The summed E-state index contributed by atoms with van der Waals surface area (Å²) in [6.07, 6.45) is 0. The molecular formula is C18H32N4. The normalized spacial score (nSPS) is 13.5. The molecule has 0 aliphatic rings. The van der Waals surface area contributed by atoms with Crippen molar-refractivity contribution in [2.24, 2.45) is 10.9 Å². The van der Waals surface area contributed by atoms with Crippen LogP contribution in [-0.2, 0) is 13.1 Å². The van der Waals surface area contributed by atoms with E-state index in [0.29, 0.717) is 18.5 Å². The first-order valence-electron chi connectivity index (χ1n) is 8.19. The van der Waals surface area contributed by atoms with E-state index in [0.717, 1.165) is 19.0 Å². The summed E-state index contributed by atoms with van der Waals surface area (Å²) < 4.78 is 0. The molecule has 1 rings (SSSR count). The highest BCUT2D eigenvalue weighted by molar-refractivity contribution is 5.80. The number of rotatable bonds is 7. The van der Waals surface area contributed by atoms with Gasteiger partial charge in [0.05, 0.1) is 6.54 Å². The van der Waals surface area contributed by atoms with Crippen molar-refractivity contribution in [2.75, 3.05) is 20.6 Å². The van der Waals surface area contributed by atoms with Crippen molar-refractivity contribution in [2.45, 2.75) is 46.8 Å². The molecule has 2 N–H and O–H groups in total. The van der Waals surface area contributed by atoms with Crippen LogP contribution in [0.2, 0.25) is 0 Å². The van der Waals surface area contributed by atoms with E-state index in [4.69, 9.17) is 4.99 Å². The minimum atomic E-state index is 0.401. The lowest BCUT2D eigenvalue weighted by Gasteiger charge is -2.20. The summed E-state index contributed by atoms with van der Waals surface area (Å²) in [7, 11) is 4.18. The lowest BCUT2D eigenvalue weighted by molar-refractivity contribution is 0.402. The average Bonchev–Trinajstić information content (AvgIpc) is 2.44. The van der Waals surface area contributed by atoms with Gasteiger partial charge < -0.3 is 15.5 Å². The fourth-order valence-electron chi connectivity index (χ4n) is 2.06. The molecule has 1 aromatic carbocycles. The molecule has 0 aliphatic heterocycles. The summed E-state index contributed by atoms with van der Waals surface area (Å²) in [6, 6.07) is 9.05. The number of benzene rings is 1. The monoisotopic (exact) mass is 304 g/mol. The predicted octanol–water partition coefficient (Wildman–Crippen LogP) is 2.85. The van der Waals surface area contributed by atoms with Crippen LogP contribution < -0.4 is 10.6 Å². The standard InChI is InChI=1S/C18H32N4/c1-7-19-18(21-15(4)14(2)3)20-12-16-9-8-10-17(11-16)13-22(5)6/h8-11,14-15H,7,12-13H2,1-6H3,(H2,19,20,21). The third kappa shape index (κ3) is 6.94. The van der Waals surface area contributed by atoms with E-state index >= 15 is 0 Å². The van der Waals surface area contributed by atoms with Gasteiger partial charge in [0.1, 0.15) is 0 Å². The van der Waals surface area contributed by atoms with Crippen LogP contribution >= 0.6 is 0 Å². The third-order valence-corrected chi connectivity index (χ3v) is 3.62. The summed E-state index contributed by atoms with van der Waals surface area (Å²) in [6.45, 7) is 11.2. The van der Waals surface area contributed by atoms with Crippen molar-refractivity contribution < 1.29 is 0 Å². The highest BCUT2D eigenvalue weighted by Crippen LogP contribution is 2.08.